The Morgan fingerprint density at radius 1 is 1.58 bits per heavy atom. The number of halogens is 1. The van der Waals surface area contributed by atoms with Gasteiger partial charge in [-0.3, -0.25) is 4.79 Å². The van der Waals surface area contributed by atoms with Crippen LogP contribution in [0.1, 0.15) is 19.8 Å². The van der Waals surface area contributed by atoms with Gasteiger partial charge in [-0.25, -0.2) is 0 Å². The zero-order chi connectivity index (χ0) is 13.7. The van der Waals surface area contributed by atoms with E-state index in [1.54, 1.807) is 12.1 Å². The molecule has 1 atom stereocenters. The molecule has 0 saturated carbocycles. The molecule has 4 nitrogen and oxygen atoms in total. The van der Waals surface area contributed by atoms with Crippen LogP contribution < -0.4 is 15.4 Å². The number of nitrogens with one attached hydrogen (secondary N) is 2. The van der Waals surface area contributed by atoms with Crippen molar-refractivity contribution in [3.8, 4) is 5.75 Å². The van der Waals surface area contributed by atoms with Crippen molar-refractivity contribution in [1.29, 1.82) is 0 Å². The number of carbonyl (C=O) groups is 1. The summed E-state index contributed by atoms with van der Waals surface area (Å²) in [6.45, 7) is 4.41. The number of anilines is 1. The van der Waals surface area contributed by atoms with Gasteiger partial charge in [0.1, 0.15) is 5.75 Å². The third kappa shape index (κ3) is 4.11. The predicted octanol–water partition coefficient (Wildman–Crippen LogP) is 2.68. The minimum absolute atomic E-state index is 0.0360. The molecule has 19 heavy (non-hydrogen) atoms. The first kappa shape index (κ1) is 14.2. The van der Waals surface area contributed by atoms with E-state index in [0.29, 0.717) is 35.4 Å². The second-order valence-electron chi connectivity index (χ2n) is 4.69. The van der Waals surface area contributed by atoms with Gasteiger partial charge in [-0.15, -0.1) is 0 Å². The largest absolute Gasteiger partial charge is 0.492 e. The van der Waals surface area contributed by atoms with Crippen molar-refractivity contribution in [1.82, 2.24) is 5.32 Å². The van der Waals surface area contributed by atoms with E-state index < -0.39 is 0 Å². The fourth-order valence-electron chi connectivity index (χ4n) is 2.21. The summed E-state index contributed by atoms with van der Waals surface area (Å²) in [5.41, 5.74) is 0.712. The topological polar surface area (TPSA) is 50.4 Å². The van der Waals surface area contributed by atoms with Crippen LogP contribution in [-0.4, -0.2) is 25.6 Å². The lowest BCUT2D eigenvalue weighted by Crippen LogP contribution is -2.18. The average Bonchev–Trinajstić information content (AvgIpc) is 2.85. The molecule has 1 aliphatic heterocycles. The molecule has 1 aliphatic rings. The standard InChI is InChI=1S/C14H19ClN2O2/c1-2-19-13-4-3-11(8-12(13)15)17-14(18)7-10-5-6-16-9-10/h3-4,8,10,16H,2,5-7,9H2,1H3,(H,17,18). The average molecular weight is 283 g/mol. The first-order valence-electron chi connectivity index (χ1n) is 6.62. The van der Waals surface area contributed by atoms with Crippen LogP contribution in [0.15, 0.2) is 18.2 Å². The Morgan fingerprint density at radius 3 is 3.05 bits per heavy atom. The van der Waals surface area contributed by atoms with Crippen LogP contribution in [0.25, 0.3) is 0 Å². The fraction of sp³-hybridized carbons (Fsp3) is 0.500. The molecule has 1 heterocycles. The summed E-state index contributed by atoms with van der Waals surface area (Å²) in [5, 5.41) is 6.64. The van der Waals surface area contributed by atoms with E-state index in [-0.39, 0.29) is 5.91 Å². The van der Waals surface area contributed by atoms with E-state index in [1.807, 2.05) is 13.0 Å². The van der Waals surface area contributed by atoms with Gasteiger partial charge < -0.3 is 15.4 Å². The van der Waals surface area contributed by atoms with Gasteiger partial charge in [0.2, 0.25) is 5.91 Å². The van der Waals surface area contributed by atoms with Gasteiger partial charge in [0.05, 0.1) is 11.6 Å². The maximum Gasteiger partial charge on any atom is 0.224 e. The molecule has 1 fully saturated rings. The summed E-state index contributed by atoms with van der Waals surface area (Å²) in [6.07, 6.45) is 1.62. The zero-order valence-corrected chi connectivity index (χ0v) is 11.8. The number of rotatable bonds is 5. The van der Waals surface area contributed by atoms with Gasteiger partial charge in [0, 0.05) is 12.1 Å². The van der Waals surface area contributed by atoms with Crippen LogP contribution in [0.5, 0.6) is 5.75 Å². The molecule has 1 unspecified atom stereocenters. The van der Waals surface area contributed by atoms with Gasteiger partial charge in [-0.05, 0) is 50.6 Å². The van der Waals surface area contributed by atoms with E-state index in [4.69, 9.17) is 16.3 Å². The maximum atomic E-state index is 11.9. The minimum atomic E-state index is 0.0360. The van der Waals surface area contributed by atoms with Crippen LogP contribution in [0.3, 0.4) is 0 Å². The highest BCUT2D eigenvalue weighted by Gasteiger charge is 2.18. The summed E-state index contributed by atoms with van der Waals surface area (Å²) in [7, 11) is 0. The Balaban J connectivity index is 1.91. The minimum Gasteiger partial charge on any atom is -0.492 e. The Hall–Kier alpha value is -1.26. The van der Waals surface area contributed by atoms with E-state index >= 15 is 0 Å². The first-order chi connectivity index (χ1) is 9.19. The number of hydrogen-bond acceptors (Lipinski definition) is 3. The lowest BCUT2D eigenvalue weighted by atomic mass is 10.0. The van der Waals surface area contributed by atoms with Crippen LogP contribution in [0.4, 0.5) is 5.69 Å². The molecule has 1 aromatic carbocycles. The third-order valence-corrected chi connectivity index (χ3v) is 3.45. The molecule has 1 saturated heterocycles. The normalized spacial score (nSPS) is 18.3. The SMILES string of the molecule is CCOc1ccc(NC(=O)CC2CCNC2)cc1Cl. The number of amides is 1. The van der Waals surface area contributed by atoms with Gasteiger partial charge >= 0.3 is 0 Å². The summed E-state index contributed by atoms with van der Waals surface area (Å²) in [5.74, 6) is 1.12. The van der Waals surface area contributed by atoms with Crippen molar-refractivity contribution >= 4 is 23.2 Å². The van der Waals surface area contributed by atoms with Crippen LogP contribution in [0, 0.1) is 5.92 Å². The Kier molecular flexibility index (Phi) is 5.05. The van der Waals surface area contributed by atoms with Crippen molar-refractivity contribution in [2.75, 3.05) is 25.0 Å². The van der Waals surface area contributed by atoms with Crippen molar-refractivity contribution < 1.29 is 9.53 Å². The third-order valence-electron chi connectivity index (χ3n) is 3.15. The molecular weight excluding hydrogens is 264 g/mol. The first-order valence-corrected chi connectivity index (χ1v) is 6.99. The number of carbonyl (C=O) groups excluding carboxylic acids is 1. The Labute approximate surface area is 118 Å². The van der Waals surface area contributed by atoms with E-state index in [0.717, 1.165) is 19.5 Å². The van der Waals surface area contributed by atoms with Gasteiger partial charge in [-0.2, -0.15) is 0 Å². The highest BCUT2D eigenvalue weighted by molar-refractivity contribution is 6.32. The Morgan fingerprint density at radius 2 is 2.42 bits per heavy atom. The molecule has 0 bridgehead atoms. The smallest absolute Gasteiger partial charge is 0.224 e. The zero-order valence-electron chi connectivity index (χ0n) is 11.0. The summed E-state index contributed by atoms with van der Waals surface area (Å²) < 4.78 is 5.35. The molecule has 0 spiro atoms. The number of ether oxygens (including phenoxy) is 1. The number of benzene rings is 1. The van der Waals surface area contributed by atoms with Crippen molar-refractivity contribution in [2.45, 2.75) is 19.8 Å². The summed E-state index contributed by atoms with van der Waals surface area (Å²) in [6, 6.07) is 5.30. The molecule has 104 valence electrons. The van der Waals surface area contributed by atoms with E-state index in [1.165, 1.54) is 0 Å². The van der Waals surface area contributed by atoms with E-state index in [9.17, 15) is 4.79 Å². The second kappa shape index (κ2) is 6.78. The summed E-state index contributed by atoms with van der Waals surface area (Å²) >= 11 is 6.08. The molecule has 0 radical (unpaired) electrons. The molecule has 1 amide bonds. The van der Waals surface area contributed by atoms with Crippen LogP contribution >= 0.6 is 11.6 Å². The maximum absolute atomic E-state index is 11.9. The lowest BCUT2D eigenvalue weighted by molar-refractivity contribution is -0.116. The molecule has 2 N–H and O–H groups in total. The molecule has 5 heteroatoms. The van der Waals surface area contributed by atoms with Gasteiger partial charge in [-0.1, -0.05) is 11.6 Å². The van der Waals surface area contributed by atoms with Crippen molar-refractivity contribution in [3.05, 3.63) is 23.2 Å². The second-order valence-corrected chi connectivity index (χ2v) is 5.10. The van der Waals surface area contributed by atoms with Gasteiger partial charge in [0.15, 0.2) is 0 Å². The number of hydrogen-bond donors (Lipinski definition) is 2. The molecule has 2 rings (SSSR count). The van der Waals surface area contributed by atoms with Gasteiger partial charge in [0.25, 0.3) is 0 Å². The lowest BCUT2D eigenvalue weighted by Gasteiger charge is -2.11. The van der Waals surface area contributed by atoms with Crippen LogP contribution in [-0.2, 0) is 4.79 Å². The van der Waals surface area contributed by atoms with Crippen LogP contribution in [0.2, 0.25) is 5.02 Å². The fourth-order valence-corrected chi connectivity index (χ4v) is 2.45. The molecule has 0 aromatic heterocycles. The molecule has 1 aromatic rings. The quantitative estimate of drug-likeness (QED) is 0.873. The Bertz CT molecular complexity index is 445. The van der Waals surface area contributed by atoms with Crippen molar-refractivity contribution in [3.63, 3.8) is 0 Å². The van der Waals surface area contributed by atoms with E-state index in [2.05, 4.69) is 10.6 Å². The highest BCUT2D eigenvalue weighted by Crippen LogP contribution is 2.27. The highest BCUT2D eigenvalue weighted by atomic mass is 35.5. The molecular formula is C14H19ClN2O2. The predicted molar refractivity (Wildman–Crippen MR) is 76.8 cm³/mol. The van der Waals surface area contributed by atoms with Crippen molar-refractivity contribution in [2.24, 2.45) is 5.92 Å². The molecule has 0 aliphatic carbocycles. The monoisotopic (exact) mass is 282 g/mol. The summed E-state index contributed by atoms with van der Waals surface area (Å²) in [4.78, 5) is 11.9.